The standard InChI is InChI=1S/C23H23N3O6/c1-30-18-8-4-16(5-9-18)14-25(15-17-6-10-19(31-2)11-7-17)22-12-20(23(27)32-3)21(13-24-22)26(28)29/h4-13H,14-15H2,1-3H3. The molecule has 0 unspecified atom stereocenters. The van der Waals surface area contributed by atoms with Crippen LogP contribution in [0.15, 0.2) is 60.8 Å². The molecule has 0 spiro atoms. The summed E-state index contributed by atoms with van der Waals surface area (Å²) in [6.45, 7) is 0.892. The normalized spacial score (nSPS) is 10.3. The zero-order chi connectivity index (χ0) is 23.1. The van der Waals surface area contributed by atoms with Crippen LogP contribution in [0.2, 0.25) is 0 Å². The van der Waals surface area contributed by atoms with Crippen molar-refractivity contribution in [1.29, 1.82) is 0 Å². The number of methoxy groups -OCH3 is 3. The maximum Gasteiger partial charge on any atom is 0.345 e. The highest BCUT2D eigenvalue weighted by molar-refractivity contribution is 5.94. The number of hydrogen-bond donors (Lipinski definition) is 0. The fraction of sp³-hybridized carbons (Fsp3) is 0.217. The van der Waals surface area contributed by atoms with Crippen molar-refractivity contribution in [2.24, 2.45) is 0 Å². The van der Waals surface area contributed by atoms with Crippen LogP contribution >= 0.6 is 0 Å². The fourth-order valence-corrected chi connectivity index (χ4v) is 3.15. The number of carbonyl (C=O) groups is 1. The van der Waals surface area contributed by atoms with Crippen LogP contribution in [-0.2, 0) is 17.8 Å². The molecule has 166 valence electrons. The molecule has 32 heavy (non-hydrogen) atoms. The number of carbonyl (C=O) groups excluding carboxylic acids is 1. The van der Waals surface area contributed by atoms with Crippen molar-refractivity contribution < 1.29 is 23.9 Å². The van der Waals surface area contributed by atoms with Crippen molar-refractivity contribution in [3.8, 4) is 11.5 Å². The van der Waals surface area contributed by atoms with Gasteiger partial charge in [-0.2, -0.15) is 0 Å². The molecular weight excluding hydrogens is 414 g/mol. The Balaban J connectivity index is 1.99. The molecule has 0 aliphatic carbocycles. The zero-order valence-corrected chi connectivity index (χ0v) is 18.0. The van der Waals surface area contributed by atoms with Crippen LogP contribution in [0.1, 0.15) is 21.5 Å². The first kappa shape index (κ1) is 22.5. The van der Waals surface area contributed by atoms with Crippen molar-refractivity contribution in [1.82, 2.24) is 4.98 Å². The van der Waals surface area contributed by atoms with Gasteiger partial charge in [0.05, 0.1) is 26.3 Å². The minimum absolute atomic E-state index is 0.156. The lowest BCUT2D eigenvalue weighted by Crippen LogP contribution is -2.24. The van der Waals surface area contributed by atoms with Crippen LogP contribution in [0.3, 0.4) is 0 Å². The number of nitro groups is 1. The third-order valence-electron chi connectivity index (χ3n) is 4.86. The van der Waals surface area contributed by atoms with Crippen LogP contribution in [0.5, 0.6) is 11.5 Å². The molecule has 0 bridgehead atoms. The van der Waals surface area contributed by atoms with Crippen molar-refractivity contribution in [3.05, 3.63) is 87.6 Å². The fourth-order valence-electron chi connectivity index (χ4n) is 3.15. The highest BCUT2D eigenvalue weighted by Gasteiger charge is 2.24. The number of anilines is 1. The van der Waals surface area contributed by atoms with E-state index in [0.717, 1.165) is 28.8 Å². The molecule has 0 fully saturated rings. The van der Waals surface area contributed by atoms with Gasteiger partial charge in [0, 0.05) is 19.2 Å². The maximum absolute atomic E-state index is 12.2. The second-order valence-corrected chi connectivity index (χ2v) is 6.86. The third-order valence-corrected chi connectivity index (χ3v) is 4.86. The Kier molecular flexibility index (Phi) is 7.22. The van der Waals surface area contributed by atoms with Crippen LogP contribution < -0.4 is 14.4 Å². The topological polar surface area (TPSA) is 104 Å². The number of aromatic nitrogens is 1. The average molecular weight is 437 g/mol. The summed E-state index contributed by atoms with van der Waals surface area (Å²) in [6, 6.07) is 16.5. The minimum Gasteiger partial charge on any atom is -0.497 e. The van der Waals surface area contributed by atoms with Gasteiger partial charge in [-0.3, -0.25) is 10.1 Å². The molecule has 3 rings (SSSR count). The summed E-state index contributed by atoms with van der Waals surface area (Å²) >= 11 is 0. The van der Waals surface area contributed by atoms with E-state index in [1.807, 2.05) is 53.4 Å². The minimum atomic E-state index is -0.797. The highest BCUT2D eigenvalue weighted by Crippen LogP contribution is 2.26. The molecule has 0 atom stereocenters. The van der Waals surface area contributed by atoms with E-state index < -0.39 is 16.6 Å². The lowest BCUT2D eigenvalue weighted by Gasteiger charge is -2.24. The molecule has 0 amide bonds. The van der Waals surface area contributed by atoms with Crippen LogP contribution in [0.4, 0.5) is 11.5 Å². The molecule has 1 aromatic heterocycles. The van der Waals surface area contributed by atoms with Crippen molar-refractivity contribution >= 4 is 17.5 Å². The Morgan fingerprint density at radius 3 is 1.84 bits per heavy atom. The zero-order valence-electron chi connectivity index (χ0n) is 18.0. The van der Waals surface area contributed by atoms with Gasteiger partial charge in [0.1, 0.15) is 29.1 Å². The molecule has 9 heteroatoms. The van der Waals surface area contributed by atoms with Gasteiger partial charge in [-0.25, -0.2) is 9.78 Å². The number of pyridine rings is 1. The van der Waals surface area contributed by atoms with E-state index in [0.29, 0.717) is 18.9 Å². The molecule has 1 heterocycles. The average Bonchev–Trinajstić information content (AvgIpc) is 2.83. The van der Waals surface area contributed by atoms with Gasteiger partial charge >= 0.3 is 11.7 Å². The van der Waals surface area contributed by atoms with E-state index in [1.165, 1.54) is 13.2 Å². The molecule has 3 aromatic rings. The summed E-state index contributed by atoms with van der Waals surface area (Å²) < 4.78 is 15.2. The lowest BCUT2D eigenvalue weighted by atomic mass is 10.1. The number of benzene rings is 2. The molecule has 0 aliphatic rings. The summed E-state index contributed by atoms with van der Waals surface area (Å²) in [5, 5.41) is 11.3. The first-order valence-corrected chi connectivity index (χ1v) is 9.68. The molecule has 0 N–H and O–H groups in total. The molecule has 2 aromatic carbocycles. The van der Waals surface area contributed by atoms with Crippen molar-refractivity contribution in [2.45, 2.75) is 13.1 Å². The maximum atomic E-state index is 12.2. The quantitative estimate of drug-likeness (QED) is 0.281. The summed E-state index contributed by atoms with van der Waals surface area (Å²) in [5.41, 5.74) is 1.38. The van der Waals surface area contributed by atoms with Crippen LogP contribution in [0, 0.1) is 10.1 Å². The summed E-state index contributed by atoms with van der Waals surface area (Å²) in [5.74, 6) is 1.07. The Bertz CT molecular complexity index is 1030. The predicted molar refractivity (Wildman–Crippen MR) is 118 cm³/mol. The molecule has 0 aliphatic heterocycles. The third kappa shape index (κ3) is 5.31. The number of nitrogens with zero attached hydrogens (tertiary/aromatic N) is 3. The van der Waals surface area contributed by atoms with Gasteiger partial charge in [-0.15, -0.1) is 0 Å². The van der Waals surface area contributed by atoms with Gasteiger partial charge in [0.2, 0.25) is 0 Å². The highest BCUT2D eigenvalue weighted by atomic mass is 16.6. The first-order chi connectivity index (χ1) is 15.4. The van der Waals surface area contributed by atoms with E-state index in [-0.39, 0.29) is 5.56 Å². The largest absolute Gasteiger partial charge is 0.497 e. The number of ether oxygens (including phenoxy) is 3. The van der Waals surface area contributed by atoms with E-state index >= 15 is 0 Å². The van der Waals surface area contributed by atoms with E-state index in [2.05, 4.69) is 4.98 Å². The van der Waals surface area contributed by atoms with Gasteiger partial charge in [0.25, 0.3) is 0 Å². The van der Waals surface area contributed by atoms with Gasteiger partial charge in [-0.05, 0) is 35.4 Å². The SMILES string of the molecule is COC(=O)c1cc(N(Cc2ccc(OC)cc2)Cc2ccc(OC)cc2)ncc1[N+](=O)[O-]. The van der Waals surface area contributed by atoms with E-state index in [1.54, 1.807) is 14.2 Å². The first-order valence-electron chi connectivity index (χ1n) is 9.68. The smallest absolute Gasteiger partial charge is 0.345 e. The lowest BCUT2D eigenvalue weighted by molar-refractivity contribution is -0.385. The number of rotatable bonds is 9. The second kappa shape index (κ2) is 10.3. The predicted octanol–water partition coefficient (Wildman–Crippen LogP) is 4.00. The van der Waals surface area contributed by atoms with Crippen molar-refractivity contribution in [3.63, 3.8) is 0 Å². The number of esters is 1. The van der Waals surface area contributed by atoms with Crippen LogP contribution in [0.25, 0.3) is 0 Å². The Hall–Kier alpha value is -4.14. The van der Waals surface area contributed by atoms with Gasteiger partial charge in [0.15, 0.2) is 0 Å². The summed E-state index contributed by atoms with van der Waals surface area (Å²) in [4.78, 5) is 29.0. The molecule has 9 nitrogen and oxygen atoms in total. The summed E-state index contributed by atoms with van der Waals surface area (Å²) in [7, 11) is 4.37. The van der Waals surface area contributed by atoms with E-state index in [4.69, 9.17) is 14.2 Å². The Labute approximate surface area is 185 Å². The Morgan fingerprint density at radius 2 is 1.44 bits per heavy atom. The molecular formula is C23H23N3O6. The molecule has 0 saturated carbocycles. The molecule has 0 radical (unpaired) electrons. The monoisotopic (exact) mass is 437 g/mol. The van der Waals surface area contributed by atoms with Crippen molar-refractivity contribution in [2.75, 3.05) is 26.2 Å². The van der Waals surface area contributed by atoms with Gasteiger partial charge in [-0.1, -0.05) is 24.3 Å². The van der Waals surface area contributed by atoms with Gasteiger partial charge < -0.3 is 19.1 Å². The van der Waals surface area contributed by atoms with E-state index in [9.17, 15) is 14.9 Å². The number of hydrogen-bond acceptors (Lipinski definition) is 8. The second-order valence-electron chi connectivity index (χ2n) is 6.86. The summed E-state index contributed by atoms with van der Waals surface area (Å²) in [6.07, 6.45) is 1.08. The Morgan fingerprint density at radius 1 is 0.938 bits per heavy atom. The van der Waals surface area contributed by atoms with Crippen LogP contribution in [-0.4, -0.2) is 37.2 Å². The molecule has 0 saturated heterocycles.